The van der Waals surface area contributed by atoms with Gasteiger partial charge in [0, 0.05) is 38.7 Å². The molecule has 7 nitrogen and oxygen atoms in total. The summed E-state index contributed by atoms with van der Waals surface area (Å²) in [4.78, 5) is 46.3. The zero-order valence-electron chi connectivity index (χ0n) is 24.4. The summed E-state index contributed by atoms with van der Waals surface area (Å²) in [6.45, 7) is 5.56. The number of Topliss-reactive ketones (excluding diaryl/α,β-unsaturated/α-hetero) is 3. The molecule has 0 bridgehead atoms. The molecule has 0 amide bonds. The number of anilines is 1. The third-order valence-corrected chi connectivity index (χ3v) is 9.08. The number of hydrogen-bond donors (Lipinski definition) is 0. The van der Waals surface area contributed by atoms with Crippen molar-refractivity contribution < 1.29 is 28.6 Å². The Balaban J connectivity index is 1.75. The van der Waals surface area contributed by atoms with Crippen LogP contribution in [0.2, 0.25) is 5.02 Å². The molecule has 2 heterocycles. The van der Waals surface area contributed by atoms with Crippen LogP contribution in [0.1, 0.15) is 58.5 Å². The number of hydrogen-bond acceptors (Lipinski definition) is 7. The molecule has 3 atom stereocenters. The fourth-order valence-electron chi connectivity index (χ4n) is 7.10. The number of nitrogens with zero attached hydrogens (tertiary/aromatic N) is 1. The van der Waals surface area contributed by atoms with Crippen molar-refractivity contribution in [2.45, 2.75) is 38.8 Å². The lowest BCUT2D eigenvalue weighted by molar-refractivity contribution is -0.127. The first-order valence-corrected chi connectivity index (χ1v) is 14.2. The lowest BCUT2D eigenvalue weighted by Crippen LogP contribution is -2.49. The third kappa shape index (κ3) is 3.62. The Bertz CT molecular complexity index is 1650. The molecular formula is C34H32ClNO6. The predicted octanol–water partition coefficient (Wildman–Crippen LogP) is 6.41. The average Bonchev–Trinajstić information content (AvgIpc) is 3.40. The van der Waals surface area contributed by atoms with Crippen LogP contribution in [0.3, 0.4) is 0 Å². The predicted molar refractivity (Wildman–Crippen MR) is 161 cm³/mol. The van der Waals surface area contributed by atoms with Crippen LogP contribution in [-0.4, -0.2) is 50.8 Å². The minimum atomic E-state index is -1.66. The zero-order chi connectivity index (χ0) is 30.1. The second kappa shape index (κ2) is 9.73. The van der Waals surface area contributed by atoms with E-state index >= 15 is 0 Å². The molecule has 6 rings (SSSR count). The number of carbonyl (C=O) groups excluding carboxylic acids is 3. The fourth-order valence-corrected chi connectivity index (χ4v) is 7.28. The zero-order valence-corrected chi connectivity index (χ0v) is 25.1. The first kappa shape index (κ1) is 28.0. The quantitative estimate of drug-likeness (QED) is 0.320. The van der Waals surface area contributed by atoms with Crippen molar-refractivity contribution in [3.8, 4) is 17.2 Å². The molecule has 3 aromatic rings. The van der Waals surface area contributed by atoms with Crippen molar-refractivity contribution >= 4 is 40.7 Å². The molecule has 0 aromatic heterocycles. The van der Waals surface area contributed by atoms with Gasteiger partial charge in [-0.05, 0) is 29.8 Å². The molecule has 2 aliphatic heterocycles. The number of fused-ring (bicyclic) bond motifs is 5. The van der Waals surface area contributed by atoms with Gasteiger partial charge >= 0.3 is 0 Å². The van der Waals surface area contributed by atoms with Crippen LogP contribution in [-0.2, 0) is 4.79 Å². The molecule has 8 heteroatoms. The van der Waals surface area contributed by atoms with E-state index in [-0.39, 0.29) is 17.3 Å². The molecule has 3 aliphatic rings. The molecule has 3 unspecified atom stereocenters. The van der Waals surface area contributed by atoms with Crippen LogP contribution in [0, 0.1) is 10.8 Å². The highest BCUT2D eigenvalue weighted by Gasteiger charge is 2.72. The number of rotatable bonds is 5. The maximum Gasteiger partial charge on any atom is 0.203 e. The number of ketones is 3. The third-order valence-electron chi connectivity index (χ3n) is 8.84. The highest BCUT2D eigenvalue weighted by molar-refractivity contribution is 6.32. The molecule has 1 saturated heterocycles. The molecule has 0 radical (unpaired) electrons. The molecule has 0 saturated carbocycles. The summed E-state index contributed by atoms with van der Waals surface area (Å²) in [5.41, 5.74) is 0.287. The Morgan fingerprint density at radius 1 is 0.881 bits per heavy atom. The highest BCUT2D eigenvalue weighted by atomic mass is 35.5. The summed E-state index contributed by atoms with van der Waals surface area (Å²) in [6.07, 6.45) is 3.76. The van der Waals surface area contributed by atoms with Crippen LogP contribution < -0.4 is 19.1 Å². The van der Waals surface area contributed by atoms with E-state index in [1.165, 1.54) is 21.3 Å². The number of ether oxygens (including phenoxy) is 3. The molecular weight excluding hydrogens is 554 g/mol. The summed E-state index contributed by atoms with van der Waals surface area (Å²) >= 11 is 6.38. The lowest BCUT2D eigenvalue weighted by Gasteiger charge is -2.38. The summed E-state index contributed by atoms with van der Waals surface area (Å²) < 4.78 is 17.2. The van der Waals surface area contributed by atoms with Gasteiger partial charge in [-0.25, -0.2) is 0 Å². The Kier molecular flexibility index (Phi) is 6.50. The van der Waals surface area contributed by atoms with Gasteiger partial charge in [0.1, 0.15) is 5.41 Å². The number of halogens is 1. The monoisotopic (exact) mass is 585 g/mol. The normalized spacial score (nSPS) is 21.7. The van der Waals surface area contributed by atoms with Gasteiger partial charge in [0.25, 0.3) is 0 Å². The maximum atomic E-state index is 14.8. The Labute approximate surface area is 250 Å². The highest BCUT2D eigenvalue weighted by Crippen LogP contribution is 2.63. The van der Waals surface area contributed by atoms with E-state index in [2.05, 4.69) is 0 Å². The van der Waals surface area contributed by atoms with Crippen molar-refractivity contribution in [3.05, 3.63) is 87.9 Å². The van der Waals surface area contributed by atoms with Gasteiger partial charge in [0.15, 0.2) is 28.8 Å². The average molecular weight is 586 g/mol. The first-order chi connectivity index (χ1) is 20.0. The molecule has 1 fully saturated rings. The first-order valence-electron chi connectivity index (χ1n) is 13.8. The maximum absolute atomic E-state index is 14.8. The summed E-state index contributed by atoms with van der Waals surface area (Å²) in [5, 5.41) is 0.544. The van der Waals surface area contributed by atoms with Crippen molar-refractivity contribution in [2.75, 3.05) is 26.2 Å². The second-order valence-electron chi connectivity index (χ2n) is 11.9. The number of methoxy groups -OCH3 is 3. The summed E-state index contributed by atoms with van der Waals surface area (Å²) in [7, 11) is 4.52. The minimum Gasteiger partial charge on any atom is -0.493 e. The van der Waals surface area contributed by atoms with E-state index in [4.69, 9.17) is 25.8 Å². The van der Waals surface area contributed by atoms with Crippen LogP contribution >= 0.6 is 11.6 Å². The van der Waals surface area contributed by atoms with Crippen molar-refractivity contribution in [1.82, 2.24) is 0 Å². The van der Waals surface area contributed by atoms with E-state index in [1.807, 2.05) is 50.0 Å². The van der Waals surface area contributed by atoms with Gasteiger partial charge in [-0.3, -0.25) is 14.4 Å². The Morgan fingerprint density at radius 2 is 1.52 bits per heavy atom. The van der Waals surface area contributed by atoms with Gasteiger partial charge in [-0.1, -0.05) is 74.9 Å². The van der Waals surface area contributed by atoms with Crippen LogP contribution in [0.15, 0.2) is 60.7 Å². The largest absolute Gasteiger partial charge is 0.493 e. The molecule has 216 valence electrons. The Morgan fingerprint density at radius 3 is 2.10 bits per heavy atom. The summed E-state index contributed by atoms with van der Waals surface area (Å²) in [6, 6.07) is 14.2. The van der Waals surface area contributed by atoms with Gasteiger partial charge in [-0.15, -0.1) is 0 Å². The van der Waals surface area contributed by atoms with E-state index < -0.39 is 28.8 Å². The summed E-state index contributed by atoms with van der Waals surface area (Å²) in [5.74, 6) is -0.616. The van der Waals surface area contributed by atoms with Gasteiger partial charge < -0.3 is 19.1 Å². The van der Waals surface area contributed by atoms with Crippen LogP contribution in [0.5, 0.6) is 17.2 Å². The van der Waals surface area contributed by atoms with Gasteiger partial charge in [-0.2, -0.15) is 0 Å². The SMILES string of the molecule is COc1ccc(C2C(C(=O)C(C)(C)C)N3c4ccc(Cl)cc4C=CC3C23C(=O)c2ccccc2C3=O)c(OC)c1OC. The number of carbonyl (C=O) groups is 3. The molecule has 1 spiro atoms. The van der Waals surface area contributed by atoms with Crippen molar-refractivity contribution in [1.29, 1.82) is 0 Å². The lowest BCUT2D eigenvalue weighted by atomic mass is 9.63. The molecule has 3 aromatic carbocycles. The van der Waals surface area contributed by atoms with Gasteiger partial charge in [0.2, 0.25) is 5.75 Å². The van der Waals surface area contributed by atoms with E-state index in [0.717, 1.165) is 11.3 Å². The van der Waals surface area contributed by atoms with Crippen molar-refractivity contribution in [2.24, 2.45) is 10.8 Å². The second-order valence-corrected chi connectivity index (χ2v) is 12.4. The van der Waals surface area contributed by atoms with Crippen LogP contribution in [0.4, 0.5) is 5.69 Å². The van der Waals surface area contributed by atoms with Crippen molar-refractivity contribution in [3.63, 3.8) is 0 Å². The van der Waals surface area contributed by atoms with Gasteiger partial charge in [0.05, 0.1) is 33.4 Å². The van der Waals surface area contributed by atoms with E-state index in [0.29, 0.717) is 39.0 Å². The smallest absolute Gasteiger partial charge is 0.203 e. The van der Waals surface area contributed by atoms with E-state index in [9.17, 15) is 14.4 Å². The molecule has 0 N–H and O–H groups in total. The topological polar surface area (TPSA) is 82.1 Å². The molecule has 1 aliphatic carbocycles. The minimum absolute atomic E-state index is 0.112. The van der Waals surface area contributed by atoms with Crippen LogP contribution in [0.25, 0.3) is 6.08 Å². The molecule has 42 heavy (non-hydrogen) atoms. The standard InChI is InChI=1S/C34H32ClNO6/c1-33(2,3)32(39)27-26(22-13-15-24(40-4)29(42-6)28(22)41-5)34(30(37)20-9-7-8-10-21(20)31(34)38)25-16-11-18-17-19(35)12-14-23(18)36(25)27/h7-17,25-27H,1-6H3. The number of benzene rings is 3. The fraction of sp³-hybridized carbons (Fsp3) is 0.324. The Hall–Kier alpha value is -4.10. The van der Waals surface area contributed by atoms with E-state index in [1.54, 1.807) is 42.5 Å².